The smallest absolute Gasteiger partial charge is 0.218 e. The van der Waals surface area contributed by atoms with E-state index in [4.69, 9.17) is 10.5 Å². The summed E-state index contributed by atoms with van der Waals surface area (Å²) in [6.07, 6.45) is 4.41. The summed E-state index contributed by atoms with van der Waals surface area (Å²) in [6, 6.07) is 0. The fourth-order valence-corrected chi connectivity index (χ4v) is 1.82. The fourth-order valence-electron chi connectivity index (χ4n) is 1.33. The number of hydrogen-bond acceptors (Lipinski definition) is 3. The number of aromatic nitrogens is 1. The number of hydrogen-bond donors (Lipinski definition) is 1. The molecule has 1 aromatic heterocycles. The van der Waals surface area contributed by atoms with Gasteiger partial charge in [0.15, 0.2) is 0 Å². The minimum absolute atomic E-state index is 0.138. The maximum absolute atomic E-state index is 11.3. The highest BCUT2D eigenvalue weighted by atomic mass is 79.9. The van der Waals surface area contributed by atoms with Gasteiger partial charge >= 0.3 is 0 Å². The maximum atomic E-state index is 11.3. The minimum Gasteiger partial charge on any atom is -0.394 e. The summed E-state index contributed by atoms with van der Waals surface area (Å²) in [4.78, 5) is 11.3. The van der Waals surface area contributed by atoms with Crippen LogP contribution in [0.25, 0.3) is 0 Å². The van der Waals surface area contributed by atoms with Crippen molar-refractivity contribution in [3.63, 3.8) is 0 Å². The quantitative estimate of drug-likeness (QED) is 0.908. The third-order valence-electron chi connectivity index (χ3n) is 2.27. The third kappa shape index (κ3) is 3.07. The first-order valence-electron chi connectivity index (χ1n) is 4.76. The first kappa shape index (κ1) is 12.3. The molecule has 1 atom stereocenters. The molecule has 84 valence electrons. The van der Waals surface area contributed by atoms with Gasteiger partial charge in [-0.15, -0.1) is 0 Å². The summed E-state index contributed by atoms with van der Waals surface area (Å²) in [7, 11) is 1.68. The van der Waals surface area contributed by atoms with E-state index < -0.39 is 0 Å². The van der Waals surface area contributed by atoms with E-state index in [1.165, 1.54) is 0 Å². The largest absolute Gasteiger partial charge is 0.394 e. The standard InChI is InChI=1S/C10H15BrN2O2/c1-3-7(15-2)4-13-5-8(11)10(14)9(12)6-13/h5-7H,3-4,12H2,1-2H3. The van der Waals surface area contributed by atoms with Crippen molar-refractivity contribution < 1.29 is 4.74 Å². The zero-order valence-electron chi connectivity index (χ0n) is 8.87. The summed E-state index contributed by atoms with van der Waals surface area (Å²) in [5.41, 5.74) is 5.65. The molecule has 0 saturated carbocycles. The molecular formula is C10H15BrN2O2. The van der Waals surface area contributed by atoms with Crippen molar-refractivity contribution in [2.45, 2.75) is 26.0 Å². The zero-order valence-corrected chi connectivity index (χ0v) is 10.5. The molecule has 0 bridgehead atoms. The Morgan fingerprint density at radius 3 is 2.73 bits per heavy atom. The number of ether oxygens (including phenoxy) is 1. The Morgan fingerprint density at radius 2 is 2.27 bits per heavy atom. The molecule has 1 heterocycles. The van der Waals surface area contributed by atoms with E-state index >= 15 is 0 Å². The summed E-state index contributed by atoms with van der Waals surface area (Å²) < 4.78 is 7.60. The Balaban J connectivity index is 2.92. The van der Waals surface area contributed by atoms with E-state index in [0.29, 0.717) is 11.0 Å². The molecule has 0 aliphatic rings. The fraction of sp³-hybridized carbons (Fsp3) is 0.500. The van der Waals surface area contributed by atoms with E-state index in [1.807, 2.05) is 4.57 Å². The van der Waals surface area contributed by atoms with Gasteiger partial charge in [0.05, 0.1) is 16.3 Å². The molecule has 4 nitrogen and oxygen atoms in total. The lowest BCUT2D eigenvalue weighted by atomic mass is 10.2. The molecule has 1 unspecified atom stereocenters. The third-order valence-corrected chi connectivity index (χ3v) is 2.83. The van der Waals surface area contributed by atoms with Gasteiger partial charge in [-0.2, -0.15) is 0 Å². The molecule has 0 radical (unpaired) electrons. The Labute approximate surface area is 97.2 Å². The van der Waals surface area contributed by atoms with Gasteiger partial charge in [0, 0.05) is 26.0 Å². The maximum Gasteiger partial charge on any atom is 0.218 e. The predicted octanol–water partition coefficient (Wildman–Crippen LogP) is 1.62. The number of nitrogens with two attached hydrogens (primary N) is 1. The second kappa shape index (κ2) is 5.32. The van der Waals surface area contributed by atoms with Crippen molar-refractivity contribution in [1.82, 2.24) is 4.57 Å². The second-order valence-electron chi connectivity index (χ2n) is 3.35. The molecule has 0 spiro atoms. The molecule has 15 heavy (non-hydrogen) atoms. The molecule has 0 aliphatic carbocycles. The number of nitrogen functional groups attached to an aromatic ring is 1. The molecule has 0 amide bonds. The first-order valence-corrected chi connectivity index (χ1v) is 5.55. The SMILES string of the molecule is CCC(Cn1cc(N)c(=O)c(Br)c1)OC. The van der Waals surface area contributed by atoms with Crippen LogP contribution in [0, 0.1) is 0 Å². The lowest BCUT2D eigenvalue weighted by molar-refractivity contribution is 0.0845. The van der Waals surface area contributed by atoms with Crippen LogP contribution in [0.4, 0.5) is 5.69 Å². The highest BCUT2D eigenvalue weighted by Gasteiger charge is 2.07. The average molecular weight is 275 g/mol. The number of nitrogens with zero attached hydrogens (tertiary/aromatic N) is 1. The van der Waals surface area contributed by atoms with Crippen molar-refractivity contribution in [3.05, 3.63) is 27.1 Å². The van der Waals surface area contributed by atoms with E-state index in [-0.39, 0.29) is 17.2 Å². The Kier molecular flexibility index (Phi) is 4.35. The summed E-state index contributed by atoms with van der Waals surface area (Å²) in [5.74, 6) is 0. The molecule has 5 heteroatoms. The Morgan fingerprint density at radius 1 is 1.60 bits per heavy atom. The van der Waals surface area contributed by atoms with Crippen LogP contribution >= 0.6 is 15.9 Å². The number of halogens is 1. The molecule has 2 N–H and O–H groups in total. The van der Waals surface area contributed by atoms with Gasteiger partial charge < -0.3 is 15.0 Å². The van der Waals surface area contributed by atoms with Crippen LogP contribution in [-0.2, 0) is 11.3 Å². The zero-order chi connectivity index (χ0) is 11.4. The Bertz CT molecular complexity index is 359. The summed E-state index contributed by atoms with van der Waals surface area (Å²) >= 11 is 3.18. The van der Waals surface area contributed by atoms with Gasteiger partial charge in [-0.25, -0.2) is 0 Å². The first-order chi connectivity index (χ1) is 7.08. The summed E-state index contributed by atoms with van der Waals surface area (Å²) in [6.45, 7) is 2.74. The predicted molar refractivity (Wildman–Crippen MR) is 63.9 cm³/mol. The summed E-state index contributed by atoms with van der Waals surface area (Å²) in [5, 5.41) is 0. The van der Waals surface area contributed by atoms with Crippen molar-refractivity contribution in [3.8, 4) is 0 Å². The van der Waals surface area contributed by atoms with Crippen LogP contribution in [0.2, 0.25) is 0 Å². The molecular weight excluding hydrogens is 260 g/mol. The van der Waals surface area contributed by atoms with Gasteiger partial charge in [-0.05, 0) is 22.4 Å². The van der Waals surface area contributed by atoms with Crippen LogP contribution in [0.1, 0.15) is 13.3 Å². The molecule has 0 fully saturated rings. The number of anilines is 1. The minimum atomic E-state index is -0.170. The molecule has 1 aromatic rings. The van der Waals surface area contributed by atoms with Crippen molar-refractivity contribution in [2.75, 3.05) is 12.8 Å². The highest BCUT2D eigenvalue weighted by molar-refractivity contribution is 9.10. The van der Waals surface area contributed by atoms with E-state index in [0.717, 1.165) is 6.42 Å². The van der Waals surface area contributed by atoms with Gasteiger partial charge in [-0.3, -0.25) is 4.79 Å². The van der Waals surface area contributed by atoms with E-state index in [9.17, 15) is 4.79 Å². The highest BCUT2D eigenvalue weighted by Crippen LogP contribution is 2.08. The molecule has 0 aromatic carbocycles. The van der Waals surface area contributed by atoms with Crippen LogP contribution in [-0.4, -0.2) is 17.8 Å². The normalized spacial score (nSPS) is 12.7. The van der Waals surface area contributed by atoms with Crippen molar-refractivity contribution in [1.29, 1.82) is 0 Å². The number of methoxy groups -OCH3 is 1. The second-order valence-corrected chi connectivity index (χ2v) is 4.21. The average Bonchev–Trinajstić information content (AvgIpc) is 2.22. The van der Waals surface area contributed by atoms with Gasteiger partial charge in [0.25, 0.3) is 0 Å². The monoisotopic (exact) mass is 274 g/mol. The lowest BCUT2D eigenvalue weighted by Crippen LogP contribution is -2.20. The van der Waals surface area contributed by atoms with Crippen molar-refractivity contribution in [2.24, 2.45) is 0 Å². The van der Waals surface area contributed by atoms with Gasteiger partial charge in [-0.1, -0.05) is 6.92 Å². The Hall–Kier alpha value is -0.810. The van der Waals surface area contributed by atoms with Crippen LogP contribution in [0.5, 0.6) is 0 Å². The lowest BCUT2D eigenvalue weighted by Gasteiger charge is -2.15. The molecule has 0 aliphatic heterocycles. The van der Waals surface area contributed by atoms with Gasteiger partial charge in [0.1, 0.15) is 0 Å². The van der Waals surface area contributed by atoms with E-state index in [2.05, 4.69) is 22.9 Å². The van der Waals surface area contributed by atoms with E-state index in [1.54, 1.807) is 19.5 Å². The van der Waals surface area contributed by atoms with Crippen LogP contribution in [0.15, 0.2) is 21.7 Å². The van der Waals surface area contributed by atoms with Crippen molar-refractivity contribution >= 4 is 21.6 Å². The van der Waals surface area contributed by atoms with Crippen LogP contribution < -0.4 is 11.2 Å². The number of pyridine rings is 1. The number of rotatable bonds is 4. The van der Waals surface area contributed by atoms with Crippen LogP contribution in [0.3, 0.4) is 0 Å². The topological polar surface area (TPSA) is 57.2 Å². The molecule has 0 saturated heterocycles. The van der Waals surface area contributed by atoms with Gasteiger partial charge in [0.2, 0.25) is 5.43 Å². The molecule has 1 rings (SSSR count).